The molecule has 4 heteroatoms. The van der Waals surface area contributed by atoms with Gasteiger partial charge in [0.15, 0.2) is 0 Å². The summed E-state index contributed by atoms with van der Waals surface area (Å²) in [7, 11) is 1.52. The first-order valence-corrected chi connectivity index (χ1v) is 11.0. The van der Waals surface area contributed by atoms with Crippen molar-refractivity contribution in [1.82, 2.24) is 0 Å². The highest BCUT2D eigenvalue weighted by atomic mass is 79.9. The molecule has 0 amide bonds. The standard InChI is InChI=1S/C21H35BrO3/c1-14(2)17(23)9-8-16-15(13-22)7-10-18-20(16,3)11-6-12-21(18,4)19(24)25-5/h14-16,18H,6-13H2,1-5H3/t15-,16-,18+,20+,21+/m0/s1. The Morgan fingerprint density at radius 3 is 2.44 bits per heavy atom. The van der Waals surface area contributed by atoms with Crippen LogP contribution in [-0.4, -0.2) is 24.2 Å². The van der Waals surface area contributed by atoms with Crippen molar-refractivity contribution in [3.63, 3.8) is 0 Å². The topological polar surface area (TPSA) is 43.4 Å². The van der Waals surface area contributed by atoms with Crippen LogP contribution in [0.15, 0.2) is 0 Å². The highest BCUT2D eigenvalue weighted by Crippen LogP contribution is 2.62. The molecule has 5 atom stereocenters. The van der Waals surface area contributed by atoms with E-state index in [0.717, 1.165) is 43.9 Å². The molecule has 2 rings (SSSR count). The fourth-order valence-corrected chi connectivity index (χ4v) is 6.71. The van der Waals surface area contributed by atoms with Gasteiger partial charge in [-0.2, -0.15) is 0 Å². The van der Waals surface area contributed by atoms with Crippen molar-refractivity contribution in [3.05, 3.63) is 0 Å². The van der Waals surface area contributed by atoms with Crippen LogP contribution in [0, 0.1) is 34.5 Å². The Hall–Kier alpha value is -0.380. The van der Waals surface area contributed by atoms with Crippen LogP contribution in [0.25, 0.3) is 0 Å². The molecule has 0 N–H and O–H groups in total. The number of methoxy groups -OCH3 is 1. The summed E-state index contributed by atoms with van der Waals surface area (Å²) >= 11 is 3.72. The third-order valence-electron chi connectivity index (χ3n) is 7.41. The first kappa shape index (κ1) is 20.9. The number of carbonyl (C=O) groups is 2. The van der Waals surface area contributed by atoms with Gasteiger partial charge in [0.25, 0.3) is 0 Å². The van der Waals surface area contributed by atoms with Gasteiger partial charge in [-0.05, 0) is 62.2 Å². The van der Waals surface area contributed by atoms with Crippen LogP contribution < -0.4 is 0 Å². The Morgan fingerprint density at radius 1 is 1.20 bits per heavy atom. The van der Waals surface area contributed by atoms with E-state index in [1.165, 1.54) is 7.11 Å². The molecule has 0 spiro atoms. The lowest BCUT2D eigenvalue weighted by Gasteiger charge is -2.59. The number of halogens is 1. The Kier molecular flexibility index (Phi) is 6.78. The Balaban J connectivity index is 2.29. The minimum absolute atomic E-state index is 0.0438. The SMILES string of the molecule is COC(=O)[C@]1(C)CCC[C@@]2(C)[C@H]1CC[C@@H](CBr)[C@@H]2CCC(=O)C(C)C. The third-order valence-corrected chi connectivity index (χ3v) is 8.25. The van der Waals surface area contributed by atoms with Crippen LogP contribution in [0.5, 0.6) is 0 Å². The van der Waals surface area contributed by atoms with E-state index in [1.807, 2.05) is 13.8 Å². The molecule has 144 valence electrons. The first-order chi connectivity index (χ1) is 11.7. The second-order valence-electron chi connectivity index (χ2n) is 9.08. The van der Waals surface area contributed by atoms with Crippen LogP contribution in [0.1, 0.15) is 72.6 Å². The van der Waals surface area contributed by atoms with E-state index in [1.54, 1.807) is 0 Å². The van der Waals surface area contributed by atoms with Crippen LogP contribution in [-0.2, 0) is 14.3 Å². The van der Waals surface area contributed by atoms with Crippen molar-refractivity contribution in [1.29, 1.82) is 0 Å². The van der Waals surface area contributed by atoms with E-state index in [0.29, 0.717) is 30.0 Å². The van der Waals surface area contributed by atoms with Crippen molar-refractivity contribution in [2.45, 2.75) is 72.6 Å². The molecule has 3 nitrogen and oxygen atoms in total. The minimum atomic E-state index is -0.376. The van der Waals surface area contributed by atoms with Crippen LogP contribution >= 0.6 is 15.9 Å². The van der Waals surface area contributed by atoms with E-state index in [-0.39, 0.29) is 22.7 Å². The van der Waals surface area contributed by atoms with Crippen molar-refractivity contribution < 1.29 is 14.3 Å². The maximum absolute atomic E-state index is 12.6. The fraction of sp³-hybridized carbons (Fsp3) is 0.905. The van der Waals surface area contributed by atoms with E-state index in [2.05, 4.69) is 29.8 Å². The van der Waals surface area contributed by atoms with Gasteiger partial charge < -0.3 is 4.74 Å². The van der Waals surface area contributed by atoms with Crippen LogP contribution in [0.2, 0.25) is 0 Å². The molecule has 2 aliphatic rings. The number of ether oxygens (including phenoxy) is 1. The zero-order valence-corrected chi connectivity index (χ0v) is 18.2. The zero-order chi connectivity index (χ0) is 18.8. The lowest BCUT2D eigenvalue weighted by molar-refractivity contribution is -0.173. The smallest absolute Gasteiger partial charge is 0.311 e. The first-order valence-electron chi connectivity index (χ1n) is 9.87. The zero-order valence-electron chi connectivity index (χ0n) is 16.6. The van der Waals surface area contributed by atoms with Gasteiger partial charge in [0.1, 0.15) is 5.78 Å². The average Bonchev–Trinajstić information content (AvgIpc) is 2.58. The molecule has 2 aliphatic carbocycles. The second kappa shape index (κ2) is 8.10. The quantitative estimate of drug-likeness (QED) is 0.431. The maximum Gasteiger partial charge on any atom is 0.311 e. The lowest BCUT2D eigenvalue weighted by Crippen LogP contribution is -2.55. The van der Waals surface area contributed by atoms with E-state index >= 15 is 0 Å². The summed E-state index contributed by atoms with van der Waals surface area (Å²) in [5.74, 6) is 1.89. The summed E-state index contributed by atoms with van der Waals surface area (Å²) in [5.41, 5.74) is -0.255. The molecule has 0 bridgehead atoms. The molecule has 0 saturated heterocycles. The summed E-state index contributed by atoms with van der Waals surface area (Å²) in [6.45, 7) is 8.48. The van der Waals surface area contributed by atoms with E-state index in [4.69, 9.17) is 4.74 Å². The summed E-state index contributed by atoms with van der Waals surface area (Å²) in [4.78, 5) is 24.9. The second-order valence-corrected chi connectivity index (χ2v) is 9.73. The average molecular weight is 415 g/mol. The molecule has 0 aromatic rings. The predicted octanol–water partition coefficient (Wildman–Crippen LogP) is 5.40. The molecule has 0 aromatic heterocycles. The Labute approximate surface area is 161 Å². The fourth-order valence-electron chi connectivity index (χ4n) is 5.94. The lowest BCUT2D eigenvalue weighted by atomic mass is 9.45. The van der Waals surface area contributed by atoms with Gasteiger partial charge in [0.05, 0.1) is 12.5 Å². The third kappa shape index (κ3) is 3.84. The number of carbonyl (C=O) groups excluding carboxylic acids is 2. The van der Waals surface area contributed by atoms with E-state index in [9.17, 15) is 9.59 Å². The van der Waals surface area contributed by atoms with Crippen molar-refractivity contribution in [2.75, 3.05) is 12.4 Å². The highest BCUT2D eigenvalue weighted by molar-refractivity contribution is 9.09. The van der Waals surface area contributed by atoms with Crippen LogP contribution in [0.4, 0.5) is 0 Å². The number of Topliss-reactive ketones (excluding diaryl/α,β-unsaturated/α-hetero) is 1. The van der Waals surface area contributed by atoms with Gasteiger partial charge >= 0.3 is 5.97 Å². The molecule has 2 fully saturated rings. The number of ketones is 1. The molecular formula is C21H35BrO3. The van der Waals surface area contributed by atoms with Gasteiger partial charge in [-0.25, -0.2) is 0 Å². The Morgan fingerprint density at radius 2 is 1.88 bits per heavy atom. The molecule has 25 heavy (non-hydrogen) atoms. The summed E-state index contributed by atoms with van der Waals surface area (Å²) in [6.07, 6.45) is 7.01. The van der Waals surface area contributed by atoms with E-state index < -0.39 is 0 Å². The number of alkyl halides is 1. The van der Waals surface area contributed by atoms with Crippen molar-refractivity contribution in [3.8, 4) is 0 Å². The molecule has 0 radical (unpaired) electrons. The monoisotopic (exact) mass is 414 g/mol. The molecule has 0 unspecified atom stereocenters. The predicted molar refractivity (Wildman–Crippen MR) is 105 cm³/mol. The van der Waals surface area contributed by atoms with Crippen molar-refractivity contribution in [2.24, 2.45) is 34.5 Å². The molecular weight excluding hydrogens is 380 g/mol. The minimum Gasteiger partial charge on any atom is -0.469 e. The number of hydrogen-bond acceptors (Lipinski definition) is 3. The van der Waals surface area contributed by atoms with Crippen molar-refractivity contribution >= 4 is 27.7 Å². The summed E-state index contributed by atoms with van der Waals surface area (Å²) in [6, 6.07) is 0. The largest absolute Gasteiger partial charge is 0.469 e. The molecule has 0 aliphatic heterocycles. The molecule has 0 aromatic carbocycles. The molecule has 0 heterocycles. The Bertz CT molecular complexity index is 503. The number of fused-ring (bicyclic) bond motifs is 1. The normalized spacial score (nSPS) is 38.3. The number of rotatable bonds is 6. The maximum atomic E-state index is 12.6. The summed E-state index contributed by atoms with van der Waals surface area (Å²) < 4.78 is 5.20. The number of esters is 1. The van der Waals surface area contributed by atoms with Gasteiger partial charge in [-0.3, -0.25) is 9.59 Å². The van der Waals surface area contributed by atoms with Crippen LogP contribution in [0.3, 0.4) is 0 Å². The molecule has 2 saturated carbocycles. The summed E-state index contributed by atoms with van der Waals surface area (Å²) in [5, 5.41) is 0.991. The highest BCUT2D eigenvalue weighted by Gasteiger charge is 2.58. The van der Waals surface area contributed by atoms with Gasteiger partial charge in [0.2, 0.25) is 0 Å². The van der Waals surface area contributed by atoms with Gasteiger partial charge in [-0.1, -0.05) is 43.1 Å². The van der Waals surface area contributed by atoms with Gasteiger partial charge in [-0.15, -0.1) is 0 Å². The number of hydrogen-bond donors (Lipinski definition) is 0. The van der Waals surface area contributed by atoms with Gasteiger partial charge in [0, 0.05) is 17.7 Å².